The van der Waals surface area contributed by atoms with Gasteiger partial charge in [-0.1, -0.05) is 13.0 Å². The van der Waals surface area contributed by atoms with Gasteiger partial charge >= 0.3 is 6.09 Å². The van der Waals surface area contributed by atoms with Crippen LogP contribution in [0.25, 0.3) is 0 Å². The Labute approximate surface area is 143 Å². The van der Waals surface area contributed by atoms with Gasteiger partial charge in [0.25, 0.3) is 0 Å². The Hall–Kier alpha value is -1.62. The van der Waals surface area contributed by atoms with Gasteiger partial charge in [0.2, 0.25) is 0 Å². The van der Waals surface area contributed by atoms with Crippen LogP contribution in [0.4, 0.5) is 9.18 Å². The van der Waals surface area contributed by atoms with E-state index in [-0.39, 0.29) is 17.8 Å². The van der Waals surface area contributed by atoms with Gasteiger partial charge in [-0.3, -0.25) is 0 Å². The Morgan fingerprint density at radius 3 is 2.58 bits per heavy atom. The van der Waals surface area contributed by atoms with Crippen LogP contribution in [0.15, 0.2) is 18.2 Å². The summed E-state index contributed by atoms with van der Waals surface area (Å²) >= 11 is 0. The highest BCUT2D eigenvalue weighted by Crippen LogP contribution is 2.39. The molecule has 2 aliphatic heterocycles. The van der Waals surface area contributed by atoms with Crippen LogP contribution in [0.5, 0.6) is 0 Å². The second-order valence-corrected chi connectivity index (χ2v) is 7.45. The Bertz CT molecular complexity index is 599. The highest BCUT2D eigenvalue weighted by atomic mass is 19.1. The van der Waals surface area contributed by atoms with Crippen molar-refractivity contribution in [2.45, 2.75) is 39.2 Å². The molecule has 0 saturated carbocycles. The number of hydrogen-bond acceptors (Lipinski definition) is 2. The van der Waals surface area contributed by atoms with Gasteiger partial charge in [0.15, 0.2) is 0 Å². The predicted octanol–water partition coefficient (Wildman–Crippen LogP) is 3.91. The molecule has 1 N–H and O–H groups in total. The molecule has 2 atom stereocenters. The third-order valence-electron chi connectivity index (χ3n) is 5.69. The van der Waals surface area contributed by atoms with E-state index in [0.717, 1.165) is 43.1 Å². The molecule has 2 aliphatic rings. The number of benzene rings is 1. The van der Waals surface area contributed by atoms with Crippen LogP contribution < -0.4 is 0 Å². The quantitative estimate of drug-likeness (QED) is 0.911. The van der Waals surface area contributed by atoms with Crippen molar-refractivity contribution in [3.8, 4) is 0 Å². The zero-order valence-electron chi connectivity index (χ0n) is 14.5. The molecular weight excluding hydrogens is 307 g/mol. The zero-order chi connectivity index (χ0) is 17.3. The average Bonchev–Trinajstić information content (AvgIpc) is 2.93. The van der Waals surface area contributed by atoms with E-state index in [9.17, 15) is 14.3 Å². The summed E-state index contributed by atoms with van der Waals surface area (Å²) in [6.07, 6.45) is 2.43. The normalized spacial score (nSPS) is 26.0. The maximum Gasteiger partial charge on any atom is 0.407 e. The lowest BCUT2D eigenvalue weighted by molar-refractivity contribution is 0.120. The lowest BCUT2D eigenvalue weighted by Gasteiger charge is -2.35. The van der Waals surface area contributed by atoms with E-state index in [0.29, 0.717) is 6.54 Å². The number of carboxylic acid groups (broad SMARTS) is 1. The van der Waals surface area contributed by atoms with Gasteiger partial charge in [-0.05, 0) is 74.4 Å². The molecule has 3 rings (SSSR count). The van der Waals surface area contributed by atoms with Crippen LogP contribution in [-0.2, 0) is 0 Å². The Morgan fingerprint density at radius 1 is 1.25 bits per heavy atom. The first-order valence-electron chi connectivity index (χ1n) is 8.93. The first-order chi connectivity index (χ1) is 11.5. The number of nitrogens with zero attached hydrogens (tertiary/aromatic N) is 2. The first-order valence-corrected chi connectivity index (χ1v) is 8.93. The molecule has 0 unspecified atom stereocenters. The van der Waals surface area contributed by atoms with E-state index < -0.39 is 6.09 Å². The maximum atomic E-state index is 13.5. The van der Waals surface area contributed by atoms with Gasteiger partial charge in [0, 0.05) is 13.1 Å². The fourth-order valence-electron chi connectivity index (χ4n) is 4.23. The van der Waals surface area contributed by atoms with Crippen molar-refractivity contribution in [1.82, 2.24) is 9.80 Å². The molecule has 2 heterocycles. The summed E-state index contributed by atoms with van der Waals surface area (Å²) in [4.78, 5) is 15.7. The van der Waals surface area contributed by atoms with Gasteiger partial charge in [0.05, 0.1) is 6.04 Å². The fraction of sp³-hybridized carbons (Fsp3) is 0.632. The molecule has 2 fully saturated rings. The van der Waals surface area contributed by atoms with Crippen LogP contribution in [-0.4, -0.2) is 47.2 Å². The van der Waals surface area contributed by atoms with E-state index >= 15 is 0 Å². The van der Waals surface area contributed by atoms with Crippen LogP contribution in [0.1, 0.15) is 43.4 Å². The minimum atomic E-state index is -0.876. The summed E-state index contributed by atoms with van der Waals surface area (Å²) in [5.74, 6) is 0.798. The molecule has 2 saturated heterocycles. The summed E-state index contributed by atoms with van der Waals surface area (Å²) in [6, 6.07) is 4.55. The van der Waals surface area contributed by atoms with Crippen LogP contribution in [0.3, 0.4) is 0 Å². The standard InChI is InChI=1S/C19H27FN2O2/c1-13-5-8-21(9-6-13)12-15-7-10-22(19(23)24)18(15)17-4-3-16(20)11-14(17)2/h3-4,11,13,15,18H,5-10,12H2,1-2H3,(H,23,24)/t15-,18+/m0/s1. The first kappa shape index (κ1) is 17.2. The largest absolute Gasteiger partial charge is 0.465 e. The molecule has 0 bridgehead atoms. The van der Waals surface area contributed by atoms with Gasteiger partial charge in [-0.25, -0.2) is 9.18 Å². The maximum absolute atomic E-state index is 13.5. The SMILES string of the molecule is Cc1cc(F)ccc1[C@H]1[C@H](CN2CCC(C)CC2)CCN1C(=O)O. The second kappa shape index (κ2) is 7.09. The van der Waals surface area contributed by atoms with Gasteiger partial charge in [0.1, 0.15) is 5.82 Å². The second-order valence-electron chi connectivity index (χ2n) is 7.45. The average molecular weight is 334 g/mol. The van der Waals surface area contributed by atoms with Crippen molar-refractivity contribution >= 4 is 6.09 Å². The minimum absolute atomic E-state index is 0.164. The highest BCUT2D eigenvalue weighted by Gasteiger charge is 2.39. The monoisotopic (exact) mass is 334 g/mol. The predicted molar refractivity (Wildman–Crippen MR) is 91.6 cm³/mol. The van der Waals surface area contributed by atoms with Crippen LogP contribution in [0, 0.1) is 24.6 Å². The summed E-state index contributed by atoms with van der Waals surface area (Å²) < 4.78 is 13.5. The summed E-state index contributed by atoms with van der Waals surface area (Å²) in [7, 11) is 0. The summed E-state index contributed by atoms with van der Waals surface area (Å²) in [5.41, 5.74) is 1.79. The third-order valence-corrected chi connectivity index (χ3v) is 5.69. The van der Waals surface area contributed by atoms with Crippen LogP contribution in [0.2, 0.25) is 0 Å². The molecule has 24 heavy (non-hydrogen) atoms. The summed E-state index contributed by atoms with van der Waals surface area (Å²) in [6.45, 7) is 7.85. The minimum Gasteiger partial charge on any atom is -0.465 e. The van der Waals surface area contributed by atoms with Gasteiger partial charge in [-0.2, -0.15) is 0 Å². The Kier molecular flexibility index (Phi) is 5.09. The molecule has 0 aliphatic carbocycles. The molecule has 1 amide bonds. The number of rotatable bonds is 3. The molecule has 4 nitrogen and oxygen atoms in total. The number of aryl methyl sites for hydroxylation is 1. The fourth-order valence-corrected chi connectivity index (χ4v) is 4.23. The number of carbonyl (C=O) groups is 1. The zero-order valence-corrected chi connectivity index (χ0v) is 14.5. The number of piperidine rings is 1. The van der Waals surface area contributed by atoms with Gasteiger partial charge in [-0.15, -0.1) is 0 Å². The van der Waals surface area contributed by atoms with Crippen molar-refractivity contribution in [2.24, 2.45) is 11.8 Å². The molecule has 1 aromatic carbocycles. The van der Waals surface area contributed by atoms with Crippen molar-refractivity contribution in [2.75, 3.05) is 26.2 Å². The Balaban J connectivity index is 1.81. The summed E-state index contributed by atoms with van der Waals surface area (Å²) in [5, 5.41) is 9.59. The van der Waals surface area contributed by atoms with E-state index in [1.807, 2.05) is 6.92 Å². The van der Waals surface area contributed by atoms with E-state index in [1.165, 1.54) is 29.9 Å². The van der Waals surface area contributed by atoms with Crippen molar-refractivity contribution in [1.29, 1.82) is 0 Å². The molecule has 132 valence electrons. The number of halogens is 1. The molecule has 0 spiro atoms. The molecule has 5 heteroatoms. The van der Waals surface area contributed by atoms with Gasteiger partial charge < -0.3 is 14.9 Å². The third kappa shape index (κ3) is 3.56. The smallest absolute Gasteiger partial charge is 0.407 e. The topological polar surface area (TPSA) is 43.8 Å². The van der Waals surface area contributed by atoms with E-state index in [4.69, 9.17) is 0 Å². The van der Waals surface area contributed by atoms with E-state index in [1.54, 1.807) is 6.07 Å². The Morgan fingerprint density at radius 2 is 1.96 bits per heavy atom. The molecule has 0 radical (unpaired) electrons. The number of amides is 1. The highest BCUT2D eigenvalue weighted by molar-refractivity contribution is 5.66. The number of likely N-dealkylation sites (tertiary alicyclic amines) is 2. The van der Waals surface area contributed by atoms with Crippen molar-refractivity contribution in [3.05, 3.63) is 35.1 Å². The molecule has 0 aromatic heterocycles. The molecular formula is C19H27FN2O2. The number of hydrogen-bond donors (Lipinski definition) is 1. The molecule has 1 aromatic rings. The van der Waals surface area contributed by atoms with Crippen molar-refractivity contribution in [3.63, 3.8) is 0 Å². The lowest BCUT2D eigenvalue weighted by Crippen LogP contribution is -2.39. The van der Waals surface area contributed by atoms with E-state index in [2.05, 4.69) is 11.8 Å². The van der Waals surface area contributed by atoms with Crippen LogP contribution >= 0.6 is 0 Å². The lowest BCUT2D eigenvalue weighted by atomic mass is 9.89. The van der Waals surface area contributed by atoms with Crippen molar-refractivity contribution < 1.29 is 14.3 Å².